The van der Waals surface area contributed by atoms with E-state index in [1.807, 2.05) is 25.6 Å². The Kier molecular flexibility index (Phi) is 7.85. The molecule has 96 valence electrons. The molecule has 0 spiro atoms. The van der Waals surface area contributed by atoms with Crippen molar-refractivity contribution in [2.24, 2.45) is 11.7 Å². The summed E-state index contributed by atoms with van der Waals surface area (Å²) in [5, 5.41) is 3.17. The van der Waals surface area contributed by atoms with Crippen LogP contribution >= 0.6 is 11.8 Å². The second-order valence-electron chi connectivity index (χ2n) is 4.80. The summed E-state index contributed by atoms with van der Waals surface area (Å²) in [6.07, 6.45) is 1.85. The highest BCUT2D eigenvalue weighted by Crippen LogP contribution is 2.16. The Labute approximate surface area is 104 Å². The van der Waals surface area contributed by atoms with Crippen LogP contribution in [0.25, 0.3) is 0 Å². The number of hydrogen-bond acceptors (Lipinski definition) is 3. The molecule has 0 bridgehead atoms. The van der Waals surface area contributed by atoms with Crippen molar-refractivity contribution in [1.82, 2.24) is 5.32 Å². The van der Waals surface area contributed by atoms with Gasteiger partial charge in [-0.15, -0.1) is 0 Å². The number of amides is 1. The zero-order valence-electron chi connectivity index (χ0n) is 11.0. The Balaban J connectivity index is 3.81. The van der Waals surface area contributed by atoms with Crippen LogP contribution in [0.5, 0.6) is 0 Å². The number of hydrogen-bond donors (Lipinski definition) is 2. The summed E-state index contributed by atoms with van der Waals surface area (Å²) in [5.74, 6) is 2.78. The van der Waals surface area contributed by atoms with Crippen molar-refractivity contribution in [2.75, 3.05) is 18.1 Å². The Morgan fingerprint density at radius 3 is 2.56 bits per heavy atom. The van der Waals surface area contributed by atoms with Gasteiger partial charge in [-0.1, -0.05) is 20.8 Å². The Morgan fingerprint density at radius 1 is 1.50 bits per heavy atom. The number of carbonyl (C=O) groups excluding carboxylic acids is 1. The average molecular weight is 246 g/mol. The van der Waals surface area contributed by atoms with Crippen molar-refractivity contribution in [3.63, 3.8) is 0 Å². The van der Waals surface area contributed by atoms with Crippen molar-refractivity contribution >= 4 is 17.7 Å². The lowest BCUT2D eigenvalue weighted by molar-refractivity contribution is -0.124. The maximum absolute atomic E-state index is 11.3. The molecule has 3 nitrogen and oxygen atoms in total. The van der Waals surface area contributed by atoms with Gasteiger partial charge in [0, 0.05) is 0 Å². The predicted molar refractivity (Wildman–Crippen MR) is 72.7 cm³/mol. The number of primary amides is 1. The monoisotopic (exact) mass is 246 g/mol. The highest BCUT2D eigenvalue weighted by molar-refractivity contribution is 7.99. The van der Waals surface area contributed by atoms with Gasteiger partial charge in [-0.05, 0) is 43.7 Å². The lowest BCUT2D eigenvalue weighted by atomic mass is 9.95. The molecule has 0 saturated carbocycles. The van der Waals surface area contributed by atoms with Crippen LogP contribution < -0.4 is 11.1 Å². The quantitative estimate of drug-likeness (QED) is 0.612. The first-order valence-corrected chi connectivity index (χ1v) is 7.20. The van der Waals surface area contributed by atoms with Crippen LogP contribution in [0.15, 0.2) is 0 Å². The topological polar surface area (TPSA) is 55.1 Å². The Morgan fingerprint density at radius 2 is 2.12 bits per heavy atom. The largest absolute Gasteiger partial charge is 0.368 e. The van der Waals surface area contributed by atoms with E-state index in [0.29, 0.717) is 0 Å². The third kappa shape index (κ3) is 6.38. The van der Waals surface area contributed by atoms with E-state index >= 15 is 0 Å². The summed E-state index contributed by atoms with van der Waals surface area (Å²) in [6.45, 7) is 9.11. The van der Waals surface area contributed by atoms with E-state index in [2.05, 4.69) is 19.2 Å². The summed E-state index contributed by atoms with van der Waals surface area (Å²) in [4.78, 5) is 11.3. The Hall–Kier alpha value is -0.220. The van der Waals surface area contributed by atoms with Crippen LogP contribution in [0.1, 0.15) is 40.5 Å². The van der Waals surface area contributed by atoms with E-state index in [4.69, 9.17) is 5.73 Å². The zero-order chi connectivity index (χ0) is 12.6. The number of thioether (sulfide) groups is 1. The van der Waals surface area contributed by atoms with Gasteiger partial charge in [0.1, 0.15) is 0 Å². The molecule has 0 aromatic carbocycles. The molecule has 0 heterocycles. The maximum Gasteiger partial charge on any atom is 0.237 e. The molecule has 0 aromatic rings. The molecule has 0 aliphatic rings. The second kappa shape index (κ2) is 7.96. The summed E-state index contributed by atoms with van der Waals surface area (Å²) in [7, 11) is 0. The number of likely N-dealkylation sites (N-methyl/N-ethyl adjacent to an activating group) is 1. The summed E-state index contributed by atoms with van der Waals surface area (Å²) in [6, 6.07) is 0. The van der Waals surface area contributed by atoms with Gasteiger partial charge < -0.3 is 11.1 Å². The molecular formula is C12H26N2OS. The van der Waals surface area contributed by atoms with Gasteiger partial charge in [0.2, 0.25) is 5.91 Å². The number of carbonyl (C=O) groups is 1. The van der Waals surface area contributed by atoms with Crippen LogP contribution in [0.3, 0.4) is 0 Å². The van der Waals surface area contributed by atoms with Crippen molar-refractivity contribution in [1.29, 1.82) is 0 Å². The van der Waals surface area contributed by atoms with Crippen LogP contribution in [-0.4, -0.2) is 29.5 Å². The molecule has 16 heavy (non-hydrogen) atoms. The molecule has 0 aliphatic carbocycles. The van der Waals surface area contributed by atoms with Crippen LogP contribution in [0.2, 0.25) is 0 Å². The van der Waals surface area contributed by atoms with Crippen LogP contribution in [0, 0.1) is 5.92 Å². The molecule has 0 rings (SSSR count). The zero-order valence-corrected chi connectivity index (χ0v) is 11.8. The molecule has 4 heteroatoms. The minimum absolute atomic E-state index is 0.247. The first-order chi connectivity index (χ1) is 7.42. The molecule has 1 unspecified atom stereocenters. The standard InChI is InChI=1S/C12H26N2OS/c1-5-14-12(4,11(13)15)7-6-8-16-9-10(2)3/h10,14H,5-9H2,1-4H3,(H2,13,15). The number of nitrogens with one attached hydrogen (secondary N) is 1. The third-order valence-electron chi connectivity index (χ3n) is 2.53. The van der Waals surface area contributed by atoms with Gasteiger partial charge in [-0.3, -0.25) is 4.79 Å². The van der Waals surface area contributed by atoms with Gasteiger partial charge in [0.15, 0.2) is 0 Å². The number of rotatable bonds is 9. The number of nitrogens with two attached hydrogens (primary N) is 1. The molecule has 0 aliphatic heterocycles. The van der Waals surface area contributed by atoms with E-state index in [1.54, 1.807) is 0 Å². The third-order valence-corrected chi connectivity index (χ3v) is 4.01. The van der Waals surface area contributed by atoms with Crippen molar-refractivity contribution in [3.05, 3.63) is 0 Å². The minimum atomic E-state index is -0.535. The summed E-state index contributed by atoms with van der Waals surface area (Å²) < 4.78 is 0. The summed E-state index contributed by atoms with van der Waals surface area (Å²) in [5.41, 5.74) is 4.88. The van der Waals surface area contributed by atoms with E-state index in [-0.39, 0.29) is 5.91 Å². The van der Waals surface area contributed by atoms with E-state index < -0.39 is 5.54 Å². The first-order valence-electron chi connectivity index (χ1n) is 6.05. The molecule has 1 atom stereocenters. The van der Waals surface area contributed by atoms with Crippen molar-refractivity contribution in [2.45, 2.75) is 46.1 Å². The van der Waals surface area contributed by atoms with Gasteiger partial charge in [-0.25, -0.2) is 0 Å². The van der Waals surface area contributed by atoms with Gasteiger partial charge in [0.05, 0.1) is 5.54 Å². The molecule has 0 aromatic heterocycles. The average Bonchev–Trinajstić information content (AvgIpc) is 2.17. The van der Waals surface area contributed by atoms with E-state index in [0.717, 1.165) is 31.1 Å². The van der Waals surface area contributed by atoms with E-state index in [9.17, 15) is 4.79 Å². The highest BCUT2D eigenvalue weighted by atomic mass is 32.2. The van der Waals surface area contributed by atoms with Gasteiger partial charge in [-0.2, -0.15) is 11.8 Å². The van der Waals surface area contributed by atoms with Crippen LogP contribution in [0.4, 0.5) is 0 Å². The van der Waals surface area contributed by atoms with Crippen LogP contribution in [-0.2, 0) is 4.79 Å². The Bertz CT molecular complexity index is 209. The molecule has 0 radical (unpaired) electrons. The maximum atomic E-state index is 11.3. The fraction of sp³-hybridized carbons (Fsp3) is 0.917. The predicted octanol–water partition coefficient (Wildman–Crippen LogP) is 2.01. The van der Waals surface area contributed by atoms with Crippen molar-refractivity contribution in [3.8, 4) is 0 Å². The van der Waals surface area contributed by atoms with Gasteiger partial charge in [0.25, 0.3) is 0 Å². The smallest absolute Gasteiger partial charge is 0.237 e. The molecule has 3 N–H and O–H groups in total. The molecule has 1 amide bonds. The molecule has 0 fully saturated rings. The fourth-order valence-electron chi connectivity index (χ4n) is 1.54. The van der Waals surface area contributed by atoms with Crippen molar-refractivity contribution < 1.29 is 4.79 Å². The lowest BCUT2D eigenvalue weighted by Crippen LogP contribution is -2.53. The normalized spacial score (nSPS) is 15.1. The second-order valence-corrected chi connectivity index (χ2v) is 5.95. The minimum Gasteiger partial charge on any atom is -0.368 e. The highest BCUT2D eigenvalue weighted by Gasteiger charge is 2.28. The molecular weight excluding hydrogens is 220 g/mol. The van der Waals surface area contributed by atoms with E-state index in [1.165, 1.54) is 5.75 Å². The fourth-order valence-corrected chi connectivity index (χ4v) is 2.52. The first kappa shape index (κ1) is 15.8. The lowest BCUT2D eigenvalue weighted by Gasteiger charge is -2.26. The SMILES string of the molecule is CCNC(C)(CCCSCC(C)C)C(N)=O. The van der Waals surface area contributed by atoms with Gasteiger partial charge >= 0.3 is 0 Å². The summed E-state index contributed by atoms with van der Waals surface area (Å²) >= 11 is 1.95. The molecule has 0 saturated heterocycles.